The molecule has 0 amide bonds. The minimum Gasteiger partial charge on any atom is -0.494 e. The van der Waals surface area contributed by atoms with Crippen LogP contribution in [0.4, 0.5) is 30.2 Å². The van der Waals surface area contributed by atoms with E-state index in [1.807, 2.05) is 22.6 Å². The lowest BCUT2D eigenvalue weighted by Crippen LogP contribution is -2.34. The zero-order chi connectivity index (χ0) is 23.7. The number of nitrogens with one attached hydrogen (secondary N) is 2. The van der Waals surface area contributed by atoms with Crippen molar-refractivity contribution in [1.29, 1.82) is 0 Å². The van der Waals surface area contributed by atoms with Gasteiger partial charge >= 0.3 is 0 Å². The van der Waals surface area contributed by atoms with Crippen molar-refractivity contribution < 1.29 is 36.2 Å². The van der Waals surface area contributed by atoms with Crippen molar-refractivity contribution in [1.82, 2.24) is 0 Å². The number of hydrogen-bond donors (Lipinski definition) is 3. The SMILES string of the molecule is COc1cc(F)c(F)c(Nc2ccc(I)cc2F)c1NS(=O)(=O)C1(CC(O)CC=O)CC1. The average molecular weight is 584 g/mol. The van der Waals surface area contributed by atoms with E-state index >= 15 is 0 Å². The Labute approximate surface area is 196 Å². The van der Waals surface area contributed by atoms with Crippen molar-refractivity contribution in [3.05, 3.63) is 45.3 Å². The zero-order valence-electron chi connectivity index (χ0n) is 16.8. The molecule has 2 aromatic rings. The van der Waals surface area contributed by atoms with E-state index in [-0.39, 0.29) is 37.1 Å². The number of aldehydes is 1. The fraction of sp³-hybridized carbons (Fsp3) is 0.350. The van der Waals surface area contributed by atoms with Gasteiger partial charge in [-0.15, -0.1) is 0 Å². The third-order valence-corrected chi connectivity index (χ3v) is 8.04. The number of halogens is 4. The highest BCUT2D eigenvalue weighted by molar-refractivity contribution is 14.1. The van der Waals surface area contributed by atoms with Crippen molar-refractivity contribution >= 4 is 56.0 Å². The van der Waals surface area contributed by atoms with Crippen LogP contribution in [0, 0.1) is 21.0 Å². The molecular formula is C20H20F3IN2O5S. The summed E-state index contributed by atoms with van der Waals surface area (Å²) in [6.45, 7) is 0. The highest BCUT2D eigenvalue weighted by Crippen LogP contribution is 2.50. The number of aliphatic hydroxyl groups excluding tert-OH is 1. The predicted molar refractivity (Wildman–Crippen MR) is 121 cm³/mol. The second-order valence-electron chi connectivity index (χ2n) is 7.42. The zero-order valence-corrected chi connectivity index (χ0v) is 19.8. The summed E-state index contributed by atoms with van der Waals surface area (Å²) in [6, 6.07) is 4.65. The Balaban J connectivity index is 2.03. The Hall–Kier alpha value is -2.06. The monoisotopic (exact) mass is 584 g/mol. The Bertz CT molecular complexity index is 1140. The van der Waals surface area contributed by atoms with E-state index in [4.69, 9.17) is 4.74 Å². The molecule has 0 radical (unpaired) electrons. The number of anilines is 3. The molecule has 1 aliphatic carbocycles. The molecule has 1 aliphatic rings. The van der Waals surface area contributed by atoms with Crippen molar-refractivity contribution in [2.24, 2.45) is 0 Å². The van der Waals surface area contributed by atoms with E-state index in [1.165, 1.54) is 12.1 Å². The molecule has 0 bridgehead atoms. The first kappa shape index (κ1) is 24.6. The van der Waals surface area contributed by atoms with Gasteiger partial charge in [-0.3, -0.25) is 4.72 Å². The number of sulfonamides is 1. The topological polar surface area (TPSA) is 105 Å². The second kappa shape index (κ2) is 9.43. The summed E-state index contributed by atoms with van der Waals surface area (Å²) in [5.74, 6) is -3.86. The van der Waals surface area contributed by atoms with Gasteiger partial charge in [-0.2, -0.15) is 0 Å². The number of benzene rings is 2. The van der Waals surface area contributed by atoms with Crippen LogP contribution >= 0.6 is 22.6 Å². The van der Waals surface area contributed by atoms with Gasteiger partial charge in [0.05, 0.1) is 23.6 Å². The molecule has 0 spiro atoms. The summed E-state index contributed by atoms with van der Waals surface area (Å²) in [5, 5.41) is 12.3. The van der Waals surface area contributed by atoms with Crippen LogP contribution in [-0.4, -0.2) is 37.8 Å². The van der Waals surface area contributed by atoms with Gasteiger partial charge < -0.3 is 20.0 Å². The fourth-order valence-electron chi connectivity index (χ4n) is 3.30. The molecule has 3 rings (SSSR count). The van der Waals surface area contributed by atoms with E-state index in [0.717, 1.165) is 13.2 Å². The maximum Gasteiger partial charge on any atom is 0.238 e. The van der Waals surface area contributed by atoms with Gasteiger partial charge in [0.25, 0.3) is 0 Å². The Morgan fingerprint density at radius 2 is 1.91 bits per heavy atom. The minimum atomic E-state index is -4.24. The molecule has 2 aromatic carbocycles. The van der Waals surface area contributed by atoms with Crippen LogP contribution in [0.25, 0.3) is 0 Å². The largest absolute Gasteiger partial charge is 0.494 e. The molecule has 0 aliphatic heterocycles. The standard InChI is InChI=1S/C20H20F3IN2O5S/c1-31-16-9-14(22)17(23)19(25-15-3-2-11(24)8-13(15)21)18(16)26-32(29,30)20(5-6-20)10-12(28)4-7-27/h2-3,7-9,12,25-26,28H,4-6,10H2,1H3. The molecule has 0 heterocycles. The van der Waals surface area contributed by atoms with Crippen LogP contribution in [0.3, 0.4) is 0 Å². The Kier molecular flexibility index (Phi) is 7.25. The van der Waals surface area contributed by atoms with Gasteiger partial charge in [0.1, 0.15) is 29.2 Å². The smallest absolute Gasteiger partial charge is 0.238 e. The molecule has 1 fully saturated rings. The minimum absolute atomic E-state index is 0.207. The third-order valence-electron chi connectivity index (χ3n) is 5.18. The van der Waals surface area contributed by atoms with E-state index in [1.54, 1.807) is 0 Å². The summed E-state index contributed by atoms with van der Waals surface area (Å²) < 4.78 is 75.9. The predicted octanol–water partition coefficient (Wildman–Crippen LogP) is 4.08. The van der Waals surface area contributed by atoms with Crippen molar-refractivity contribution in [2.45, 2.75) is 36.5 Å². The third kappa shape index (κ3) is 4.96. The first-order valence-corrected chi connectivity index (χ1v) is 12.0. The van der Waals surface area contributed by atoms with Gasteiger partial charge in [0.2, 0.25) is 10.0 Å². The van der Waals surface area contributed by atoms with Gasteiger partial charge in [-0.25, -0.2) is 21.6 Å². The van der Waals surface area contributed by atoms with E-state index in [9.17, 15) is 31.5 Å². The number of rotatable bonds is 10. The van der Waals surface area contributed by atoms with Gasteiger partial charge in [-0.1, -0.05) is 0 Å². The van der Waals surface area contributed by atoms with Crippen LogP contribution in [0.5, 0.6) is 5.75 Å². The maximum absolute atomic E-state index is 14.7. The number of carbonyl (C=O) groups excluding carboxylic acids is 1. The molecule has 12 heteroatoms. The number of aliphatic hydroxyl groups is 1. The normalized spacial score (nSPS) is 15.7. The number of methoxy groups -OCH3 is 1. The number of ether oxygens (including phenoxy) is 1. The number of hydrogen-bond acceptors (Lipinski definition) is 6. The molecule has 1 unspecified atom stereocenters. The summed E-state index contributed by atoms with van der Waals surface area (Å²) in [7, 11) is -3.10. The fourth-order valence-corrected chi connectivity index (χ4v) is 5.49. The molecule has 1 atom stereocenters. The Morgan fingerprint density at radius 3 is 2.47 bits per heavy atom. The molecule has 3 N–H and O–H groups in total. The van der Waals surface area contributed by atoms with Gasteiger partial charge in [0, 0.05) is 16.1 Å². The van der Waals surface area contributed by atoms with Crippen molar-refractivity contribution in [3.8, 4) is 5.75 Å². The molecule has 0 aromatic heterocycles. The van der Waals surface area contributed by atoms with E-state index < -0.39 is 49.7 Å². The first-order valence-electron chi connectivity index (χ1n) is 9.45. The summed E-state index contributed by atoms with van der Waals surface area (Å²) >= 11 is 1.88. The van der Waals surface area contributed by atoms with Gasteiger partial charge in [-0.05, 0) is 60.1 Å². The summed E-state index contributed by atoms with van der Waals surface area (Å²) in [6.07, 6.45) is -0.711. The van der Waals surface area contributed by atoms with Crippen LogP contribution in [0.2, 0.25) is 0 Å². The highest BCUT2D eigenvalue weighted by Gasteiger charge is 2.55. The number of carbonyl (C=O) groups is 1. The summed E-state index contributed by atoms with van der Waals surface area (Å²) in [4.78, 5) is 10.6. The summed E-state index contributed by atoms with van der Waals surface area (Å²) in [5.41, 5.74) is -1.31. The molecule has 174 valence electrons. The first-order chi connectivity index (χ1) is 15.0. The maximum atomic E-state index is 14.7. The van der Waals surface area contributed by atoms with Crippen LogP contribution in [0.15, 0.2) is 24.3 Å². The quantitative estimate of drug-likeness (QED) is 0.288. The lowest BCUT2D eigenvalue weighted by Gasteiger charge is -2.23. The highest BCUT2D eigenvalue weighted by atomic mass is 127. The lowest BCUT2D eigenvalue weighted by molar-refractivity contribution is -0.109. The molecular weight excluding hydrogens is 564 g/mol. The van der Waals surface area contributed by atoms with Crippen molar-refractivity contribution in [2.75, 3.05) is 17.1 Å². The van der Waals surface area contributed by atoms with Crippen LogP contribution in [-0.2, 0) is 14.8 Å². The average Bonchev–Trinajstić information content (AvgIpc) is 3.50. The lowest BCUT2D eigenvalue weighted by atomic mass is 10.1. The molecule has 7 nitrogen and oxygen atoms in total. The molecule has 0 saturated heterocycles. The molecule has 1 saturated carbocycles. The van der Waals surface area contributed by atoms with E-state index in [2.05, 4.69) is 10.0 Å². The van der Waals surface area contributed by atoms with Crippen LogP contribution in [0.1, 0.15) is 25.7 Å². The van der Waals surface area contributed by atoms with Crippen molar-refractivity contribution in [3.63, 3.8) is 0 Å². The second-order valence-corrected chi connectivity index (χ2v) is 10.7. The van der Waals surface area contributed by atoms with Crippen LogP contribution < -0.4 is 14.8 Å². The Morgan fingerprint density at radius 1 is 1.22 bits per heavy atom. The van der Waals surface area contributed by atoms with E-state index in [0.29, 0.717) is 15.9 Å². The van der Waals surface area contributed by atoms with Gasteiger partial charge in [0.15, 0.2) is 11.6 Å². The molecule has 32 heavy (non-hydrogen) atoms.